The zero-order valence-corrected chi connectivity index (χ0v) is 12.2. The molecule has 1 aromatic carbocycles. The number of carbonyl (C=O) groups excluding carboxylic acids is 1. The average molecular weight is 288 g/mol. The number of aryl methyl sites for hydroxylation is 1. The number of hydrogen-bond acceptors (Lipinski definition) is 3. The predicted molar refractivity (Wildman–Crippen MR) is 80.2 cm³/mol. The largest absolute Gasteiger partial charge is 0.376 e. The Balaban J connectivity index is 1.59. The molecule has 0 aliphatic carbocycles. The first-order chi connectivity index (χ1) is 10.3. The van der Waals surface area contributed by atoms with Gasteiger partial charge in [-0.3, -0.25) is 4.79 Å². The van der Waals surface area contributed by atoms with Crippen molar-refractivity contribution in [2.24, 2.45) is 0 Å². The summed E-state index contributed by atoms with van der Waals surface area (Å²) in [6.07, 6.45) is -0.471. The normalized spacial score (nSPS) is 18.8. The van der Waals surface area contributed by atoms with Gasteiger partial charge in [0.25, 0.3) is 5.91 Å². The van der Waals surface area contributed by atoms with Gasteiger partial charge in [-0.15, -0.1) is 0 Å². The van der Waals surface area contributed by atoms with E-state index in [4.69, 9.17) is 9.47 Å². The number of para-hydroxylation sites is 1. The number of fused-ring (bicyclic) bond motifs is 1. The molecule has 0 bridgehead atoms. The van der Waals surface area contributed by atoms with E-state index in [9.17, 15) is 4.79 Å². The van der Waals surface area contributed by atoms with E-state index in [1.54, 1.807) is 0 Å². The van der Waals surface area contributed by atoms with Crippen LogP contribution in [0.3, 0.4) is 0 Å². The van der Waals surface area contributed by atoms with Crippen LogP contribution in [-0.4, -0.2) is 42.9 Å². The molecule has 0 radical (unpaired) electrons. The lowest BCUT2D eigenvalue weighted by Crippen LogP contribution is -2.43. The molecule has 3 rings (SSSR count). The molecule has 21 heavy (non-hydrogen) atoms. The molecule has 1 unspecified atom stereocenters. The van der Waals surface area contributed by atoms with Crippen LogP contribution < -0.4 is 5.32 Å². The molecule has 1 aliphatic rings. The zero-order chi connectivity index (χ0) is 14.7. The number of aromatic nitrogens is 1. The molecule has 1 N–H and O–H groups in total. The molecule has 1 fully saturated rings. The van der Waals surface area contributed by atoms with Gasteiger partial charge in [-0.1, -0.05) is 18.2 Å². The van der Waals surface area contributed by atoms with E-state index < -0.39 is 6.10 Å². The van der Waals surface area contributed by atoms with Crippen LogP contribution in [0, 0.1) is 6.92 Å². The Hall–Kier alpha value is -1.85. The molecule has 112 valence electrons. The molecule has 2 heterocycles. The van der Waals surface area contributed by atoms with Crippen LogP contribution in [0.25, 0.3) is 10.9 Å². The van der Waals surface area contributed by atoms with Gasteiger partial charge in [-0.05, 0) is 24.4 Å². The lowest BCUT2D eigenvalue weighted by atomic mass is 10.2. The number of benzene rings is 1. The number of nitrogens with one attached hydrogen (secondary N) is 1. The van der Waals surface area contributed by atoms with E-state index >= 15 is 0 Å². The minimum Gasteiger partial charge on any atom is -0.376 e. The maximum atomic E-state index is 11.9. The van der Waals surface area contributed by atoms with Crippen molar-refractivity contribution >= 4 is 16.8 Å². The Bertz CT molecular complexity index is 629. The van der Waals surface area contributed by atoms with E-state index in [1.807, 2.05) is 12.1 Å². The monoisotopic (exact) mass is 288 g/mol. The van der Waals surface area contributed by atoms with Crippen molar-refractivity contribution in [1.82, 2.24) is 9.88 Å². The first kappa shape index (κ1) is 14.1. The van der Waals surface area contributed by atoms with Crippen LogP contribution in [0.5, 0.6) is 0 Å². The number of carbonyl (C=O) groups is 1. The molecule has 1 amide bonds. The highest BCUT2D eigenvalue weighted by molar-refractivity contribution is 5.82. The highest BCUT2D eigenvalue weighted by Crippen LogP contribution is 2.18. The molecule has 0 spiro atoms. The van der Waals surface area contributed by atoms with Crippen molar-refractivity contribution in [2.45, 2.75) is 19.6 Å². The van der Waals surface area contributed by atoms with Crippen LogP contribution in [0.4, 0.5) is 0 Å². The minimum absolute atomic E-state index is 0.0937. The van der Waals surface area contributed by atoms with Gasteiger partial charge in [0.1, 0.15) is 0 Å². The van der Waals surface area contributed by atoms with Crippen LogP contribution in [-0.2, 0) is 20.8 Å². The smallest absolute Gasteiger partial charge is 0.251 e. The van der Waals surface area contributed by atoms with E-state index in [2.05, 4.69) is 35.0 Å². The maximum absolute atomic E-state index is 11.9. The van der Waals surface area contributed by atoms with Crippen molar-refractivity contribution in [3.63, 3.8) is 0 Å². The number of ether oxygens (including phenoxy) is 2. The SMILES string of the molecule is Cc1cc2ccccc2n1CCNC(=O)C1COCCO1. The van der Waals surface area contributed by atoms with Gasteiger partial charge >= 0.3 is 0 Å². The molecule has 1 aromatic heterocycles. The summed E-state index contributed by atoms with van der Waals surface area (Å²) in [5, 5.41) is 4.14. The summed E-state index contributed by atoms with van der Waals surface area (Å²) >= 11 is 0. The van der Waals surface area contributed by atoms with Gasteiger partial charge in [-0.2, -0.15) is 0 Å². The summed E-state index contributed by atoms with van der Waals surface area (Å²) in [4.78, 5) is 11.9. The lowest BCUT2D eigenvalue weighted by molar-refractivity contribution is -0.147. The summed E-state index contributed by atoms with van der Waals surface area (Å²) in [7, 11) is 0. The molecule has 0 saturated carbocycles. The van der Waals surface area contributed by atoms with Gasteiger partial charge in [0.15, 0.2) is 6.10 Å². The third-order valence-corrected chi connectivity index (χ3v) is 3.76. The van der Waals surface area contributed by atoms with E-state index in [0.717, 1.165) is 6.54 Å². The Kier molecular flexibility index (Phi) is 4.22. The fraction of sp³-hybridized carbons (Fsp3) is 0.438. The molecular weight excluding hydrogens is 268 g/mol. The Morgan fingerprint density at radius 3 is 3.05 bits per heavy atom. The minimum atomic E-state index is -0.471. The number of nitrogens with zero attached hydrogens (tertiary/aromatic N) is 1. The lowest BCUT2D eigenvalue weighted by Gasteiger charge is -2.22. The Labute approximate surface area is 123 Å². The highest BCUT2D eigenvalue weighted by Gasteiger charge is 2.22. The average Bonchev–Trinajstić information content (AvgIpc) is 2.84. The topological polar surface area (TPSA) is 52.5 Å². The second-order valence-corrected chi connectivity index (χ2v) is 5.22. The first-order valence-corrected chi connectivity index (χ1v) is 7.27. The molecule has 5 heteroatoms. The van der Waals surface area contributed by atoms with Gasteiger partial charge in [0.2, 0.25) is 0 Å². The molecular formula is C16H20N2O3. The summed E-state index contributed by atoms with van der Waals surface area (Å²) in [5.41, 5.74) is 2.39. The van der Waals surface area contributed by atoms with Crippen molar-refractivity contribution < 1.29 is 14.3 Å². The van der Waals surface area contributed by atoms with Gasteiger partial charge in [-0.25, -0.2) is 0 Å². The fourth-order valence-corrected chi connectivity index (χ4v) is 2.69. The highest BCUT2D eigenvalue weighted by atomic mass is 16.6. The van der Waals surface area contributed by atoms with Gasteiger partial charge in [0, 0.05) is 24.3 Å². The quantitative estimate of drug-likeness (QED) is 0.927. The Morgan fingerprint density at radius 1 is 1.38 bits per heavy atom. The third kappa shape index (κ3) is 3.09. The van der Waals surface area contributed by atoms with Gasteiger partial charge in [0.05, 0.1) is 19.8 Å². The van der Waals surface area contributed by atoms with Crippen molar-refractivity contribution in [3.05, 3.63) is 36.0 Å². The fourth-order valence-electron chi connectivity index (χ4n) is 2.69. The Morgan fingerprint density at radius 2 is 2.24 bits per heavy atom. The first-order valence-electron chi connectivity index (χ1n) is 7.27. The second kappa shape index (κ2) is 6.28. The van der Waals surface area contributed by atoms with Crippen molar-refractivity contribution in [1.29, 1.82) is 0 Å². The predicted octanol–water partition coefficient (Wildman–Crippen LogP) is 1.48. The molecule has 1 saturated heterocycles. The zero-order valence-electron chi connectivity index (χ0n) is 12.2. The summed E-state index contributed by atoms with van der Waals surface area (Å²) in [6.45, 7) is 4.81. The van der Waals surface area contributed by atoms with E-state index in [1.165, 1.54) is 16.6 Å². The standard InChI is InChI=1S/C16H20N2O3/c1-12-10-13-4-2-3-5-14(13)18(12)7-6-17-16(19)15-11-20-8-9-21-15/h2-5,10,15H,6-9,11H2,1H3,(H,17,19). The van der Waals surface area contributed by atoms with Crippen molar-refractivity contribution in [2.75, 3.05) is 26.4 Å². The van der Waals surface area contributed by atoms with Crippen LogP contribution in [0.1, 0.15) is 5.69 Å². The number of amides is 1. The van der Waals surface area contributed by atoms with Crippen LogP contribution in [0.15, 0.2) is 30.3 Å². The van der Waals surface area contributed by atoms with Crippen LogP contribution in [0.2, 0.25) is 0 Å². The van der Waals surface area contributed by atoms with Crippen LogP contribution >= 0.6 is 0 Å². The number of rotatable bonds is 4. The molecule has 5 nitrogen and oxygen atoms in total. The van der Waals surface area contributed by atoms with Crippen molar-refractivity contribution in [3.8, 4) is 0 Å². The molecule has 1 atom stereocenters. The van der Waals surface area contributed by atoms with E-state index in [0.29, 0.717) is 26.4 Å². The summed E-state index contributed by atoms with van der Waals surface area (Å²) < 4.78 is 12.8. The van der Waals surface area contributed by atoms with E-state index in [-0.39, 0.29) is 5.91 Å². The molecule has 2 aromatic rings. The maximum Gasteiger partial charge on any atom is 0.251 e. The number of hydrogen-bond donors (Lipinski definition) is 1. The third-order valence-electron chi connectivity index (χ3n) is 3.76. The summed E-state index contributed by atoms with van der Waals surface area (Å²) in [6, 6.07) is 10.4. The molecule has 1 aliphatic heterocycles. The second-order valence-electron chi connectivity index (χ2n) is 5.22. The van der Waals surface area contributed by atoms with Gasteiger partial charge < -0.3 is 19.4 Å². The summed E-state index contributed by atoms with van der Waals surface area (Å²) in [5.74, 6) is -0.0937.